The number of nitrogen functional groups attached to an aromatic ring is 1. The molecule has 30 heavy (non-hydrogen) atoms. The van der Waals surface area contributed by atoms with Gasteiger partial charge in [-0.05, 0) is 48.0 Å². The van der Waals surface area contributed by atoms with Gasteiger partial charge in [0.2, 0.25) is 0 Å². The minimum Gasteiger partial charge on any atom is -0.399 e. The number of halogens is 3. The molecular formula is C22H24F3N4P. The van der Waals surface area contributed by atoms with Crippen molar-refractivity contribution in [3.05, 3.63) is 65.4 Å². The van der Waals surface area contributed by atoms with E-state index >= 15 is 0 Å². The van der Waals surface area contributed by atoms with Crippen molar-refractivity contribution in [3.8, 4) is 11.1 Å². The van der Waals surface area contributed by atoms with Crippen LogP contribution in [0.15, 0.2) is 54.2 Å². The summed E-state index contributed by atoms with van der Waals surface area (Å²) in [5.74, 6) is 0. The number of allylic oxidation sites excluding steroid dienone is 2. The number of rotatable bonds is 5. The van der Waals surface area contributed by atoms with Crippen molar-refractivity contribution in [2.75, 3.05) is 24.0 Å². The van der Waals surface area contributed by atoms with Gasteiger partial charge in [-0.1, -0.05) is 30.3 Å². The van der Waals surface area contributed by atoms with Crippen LogP contribution in [0, 0.1) is 0 Å². The molecule has 0 aliphatic carbocycles. The smallest absolute Gasteiger partial charge is 0.399 e. The summed E-state index contributed by atoms with van der Waals surface area (Å²) in [6, 6.07) is 11.3. The Morgan fingerprint density at radius 3 is 2.70 bits per heavy atom. The Morgan fingerprint density at radius 2 is 2.00 bits per heavy atom. The van der Waals surface area contributed by atoms with E-state index < -0.39 is 6.30 Å². The second-order valence-electron chi connectivity index (χ2n) is 7.56. The zero-order chi connectivity index (χ0) is 21.5. The molecule has 0 amide bonds. The Balaban J connectivity index is 1.85. The van der Waals surface area contributed by atoms with Crippen LogP contribution in [-0.2, 0) is 6.54 Å². The fourth-order valence-electron chi connectivity index (χ4n) is 3.98. The number of nitrogens with two attached hydrogens (primary N) is 1. The molecule has 2 aromatic rings. The molecule has 4 N–H and O–H groups in total. The van der Waals surface area contributed by atoms with E-state index in [1.54, 1.807) is 12.7 Å². The zero-order valence-corrected chi connectivity index (χ0v) is 17.8. The van der Waals surface area contributed by atoms with Gasteiger partial charge in [0.25, 0.3) is 0 Å². The van der Waals surface area contributed by atoms with Gasteiger partial charge in [-0.15, -0.1) is 8.58 Å². The summed E-state index contributed by atoms with van der Waals surface area (Å²) < 4.78 is 40.6. The number of hydrogen-bond acceptors (Lipinski definition) is 4. The standard InChI is InChI=1S/C22H24F3N4P/c1-13-8-18-19-17(14-4-3-5-16(26)9-14)7-6-15(20(19)28-21(18)27-10-13)11-29(12-30-2)22(23,24)25/h3-10,21,27-28,30H,11-12,26H2,1-2H3. The summed E-state index contributed by atoms with van der Waals surface area (Å²) >= 11 is 0. The van der Waals surface area contributed by atoms with Gasteiger partial charge >= 0.3 is 6.30 Å². The first-order valence-electron chi connectivity index (χ1n) is 9.67. The highest BCUT2D eigenvalue weighted by atomic mass is 31.1. The molecule has 2 unspecified atom stereocenters. The van der Waals surface area contributed by atoms with E-state index in [1.165, 1.54) is 0 Å². The van der Waals surface area contributed by atoms with Gasteiger partial charge < -0.3 is 16.4 Å². The maximum atomic E-state index is 13.5. The Bertz CT molecular complexity index is 1030. The second-order valence-corrected chi connectivity index (χ2v) is 8.58. The van der Waals surface area contributed by atoms with Crippen LogP contribution in [0.25, 0.3) is 16.7 Å². The topological polar surface area (TPSA) is 53.3 Å². The minimum absolute atomic E-state index is 0.0136. The highest BCUT2D eigenvalue weighted by molar-refractivity contribution is 7.36. The normalized spacial score (nSPS) is 18.0. The first kappa shape index (κ1) is 20.8. The van der Waals surface area contributed by atoms with Crippen LogP contribution in [-0.4, -0.2) is 30.3 Å². The fraction of sp³-hybridized carbons (Fsp3) is 0.273. The van der Waals surface area contributed by atoms with Gasteiger partial charge in [0, 0.05) is 41.5 Å². The Labute approximate surface area is 175 Å². The van der Waals surface area contributed by atoms with Crippen molar-refractivity contribution in [2.24, 2.45) is 0 Å². The summed E-state index contributed by atoms with van der Waals surface area (Å²) in [6.45, 7) is 3.58. The molecule has 2 heterocycles. The van der Waals surface area contributed by atoms with Crippen LogP contribution in [0.5, 0.6) is 0 Å². The van der Waals surface area contributed by atoms with Gasteiger partial charge in [0.1, 0.15) is 6.17 Å². The molecule has 2 aliphatic rings. The number of dihydropyridines is 1. The third kappa shape index (κ3) is 3.92. The lowest BCUT2D eigenvalue weighted by Crippen LogP contribution is -2.37. The van der Waals surface area contributed by atoms with Crippen molar-refractivity contribution in [1.82, 2.24) is 10.2 Å². The molecule has 0 bridgehead atoms. The molecule has 0 spiro atoms. The molecule has 4 nitrogen and oxygen atoms in total. The maximum absolute atomic E-state index is 13.5. The quantitative estimate of drug-likeness (QED) is 0.347. The minimum atomic E-state index is -4.37. The number of alkyl halides is 3. The average Bonchev–Trinajstić information content (AvgIpc) is 3.06. The van der Waals surface area contributed by atoms with Crippen molar-refractivity contribution >= 4 is 25.5 Å². The summed E-state index contributed by atoms with van der Waals surface area (Å²) in [6.07, 6.45) is -0.567. The van der Waals surface area contributed by atoms with Gasteiger partial charge in [0.15, 0.2) is 0 Å². The molecule has 0 saturated carbocycles. The molecule has 158 valence electrons. The van der Waals surface area contributed by atoms with E-state index in [2.05, 4.69) is 16.7 Å². The SMILES string of the molecule is CPCN(Cc1ccc(-c2cccc(N)c2)c2c1NC1NC=C(C)C=C21)C(F)(F)F. The third-order valence-corrected chi connectivity index (χ3v) is 6.01. The van der Waals surface area contributed by atoms with E-state index in [0.717, 1.165) is 33.5 Å². The van der Waals surface area contributed by atoms with Gasteiger partial charge in [-0.2, -0.15) is 13.2 Å². The third-order valence-electron chi connectivity index (χ3n) is 5.31. The first-order chi connectivity index (χ1) is 14.3. The number of fused-ring (bicyclic) bond motifs is 3. The molecule has 8 heteroatoms. The van der Waals surface area contributed by atoms with Crippen LogP contribution in [0.2, 0.25) is 0 Å². The predicted molar refractivity (Wildman–Crippen MR) is 119 cm³/mol. The fourth-order valence-corrected chi connectivity index (χ4v) is 4.65. The molecule has 0 fully saturated rings. The van der Waals surface area contributed by atoms with Crippen LogP contribution < -0.4 is 16.4 Å². The van der Waals surface area contributed by atoms with Gasteiger partial charge in [0.05, 0.1) is 0 Å². The van der Waals surface area contributed by atoms with E-state index in [4.69, 9.17) is 5.73 Å². The van der Waals surface area contributed by atoms with E-state index in [9.17, 15) is 13.2 Å². The van der Waals surface area contributed by atoms with Crippen molar-refractivity contribution < 1.29 is 13.2 Å². The number of hydrogen-bond donors (Lipinski definition) is 3. The molecule has 2 aliphatic heterocycles. The predicted octanol–water partition coefficient (Wildman–Crippen LogP) is 5.17. The van der Waals surface area contributed by atoms with E-state index in [-0.39, 0.29) is 27.6 Å². The molecule has 4 rings (SSSR count). The molecular weight excluding hydrogens is 408 g/mol. The zero-order valence-electron chi connectivity index (χ0n) is 16.8. The summed E-state index contributed by atoms with van der Waals surface area (Å²) in [4.78, 5) is 0.580. The Morgan fingerprint density at radius 1 is 1.20 bits per heavy atom. The summed E-state index contributed by atoms with van der Waals surface area (Å²) in [7, 11) is 0.184. The van der Waals surface area contributed by atoms with E-state index in [1.807, 2.05) is 43.5 Å². The highest BCUT2D eigenvalue weighted by Gasteiger charge is 2.38. The number of nitrogens with zero attached hydrogens (tertiary/aromatic N) is 1. The van der Waals surface area contributed by atoms with Crippen molar-refractivity contribution in [3.63, 3.8) is 0 Å². The maximum Gasteiger partial charge on any atom is 0.460 e. The number of nitrogens with one attached hydrogen (secondary N) is 2. The van der Waals surface area contributed by atoms with Gasteiger partial charge in [-0.25, -0.2) is 4.90 Å². The van der Waals surface area contributed by atoms with E-state index in [0.29, 0.717) is 16.2 Å². The van der Waals surface area contributed by atoms with Crippen LogP contribution in [0.1, 0.15) is 18.1 Å². The van der Waals surface area contributed by atoms with Gasteiger partial charge in [-0.3, -0.25) is 0 Å². The molecule has 0 saturated heterocycles. The van der Waals surface area contributed by atoms with Crippen LogP contribution >= 0.6 is 8.58 Å². The monoisotopic (exact) mass is 432 g/mol. The lowest BCUT2D eigenvalue weighted by Gasteiger charge is -2.25. The lowest BCUT2D eigenvalue weighted by molar-refractivity contribution is -0.242. The second kappa shape index (κ2) is 7.97. The Hall–Kier alpha value is -2.50. The highest BCUT2D eigenvalue weighted by Crippen LogP contribution is 2.45. The Kier molecular flexibility index (Phi) is 5.51. The summed E-state index contributed by atoms with van der Waals surface area (Å²) in [5.41, 5.74) is 12.9. The summed E-state index contributed by atoms with van der Waals surface area (Å²) in [5, 5.41) is 6.71. The van der Waals surface area contributed by atoms with Crippen LogP contribution in [0.4, 0.5) is 24.5 Å². The largest absolute Gasteiger partial charge is 0.460 e. The average molecular weight is 432 g/mol. The van der Waals surface area contributed by atoms with Crippen molar-refractivity contribution in [1.29, 1.82) is 0 Å². The number of benzene rings is 2. The molecule has 2 aromatic carbocycles. The molecule has 0 radical (unpaired) electrons. The lowest BCUT2D eigenvalue weighted by atomic mass is 9.90. The molecule has 2 atom stereocenters. The molecule has 0 aromatic heterocycles. The first-order valence-corrected chi connectivity index (χ1v) is 11.4. The van der Waals surface area contributed by atoms with Crippen LogP contribution in [0.3, 0.4) is 0 Å². The number of anilines is 2. The van der Waals surface area contributed by atoms with Crippen molar-refractivity contribution in [2.45, 2.75) is 25.9 Å².